The first-order valence-corrected chi connectivity index (χ1v) is 7.20. The zero-order valence-corrected chi connectivity index (χ0v) is 12.7. The largest absolute Gasteiger partial charge is 0.444 e. The average Bonchev–Trinajstić information content (AvgIpc) is 2.10. The fourth-order valence-corrected chi connectivity index (χ4v) is 2.23. The molecular weight excluding hydrogens is 279 g/mol. The maximum absolute atomic E-state index is 12.1. The fourth-order valence-electron chi connectivity index (χ4n) is 1.16. The number of hydrogen-bond donors (Lipinski definition) is 1. The standard InChI is InChI=1S/C12H22F3NO2S/c1-8(2)9(6-19-7-12(13,14)15)16-10(17)18-11(3,4)5/h8-9H,6-7H2,1-5H3,(H,16,17). The van der Waals surface area contributed by atoms with Crippen LogP contribution >= 0.6 is 11.8 Å². The van der Waals surface area contributed by atoms with Crippen LogP contribution < -0.4 is 5.32 Å². The summed E-state index contributed by atoms with van der Waals surface area (Å²) >= 11 is 0.761. The van der Waals surface area contributed by atoms with E-state index in [9.17, 15) is 18.0 Å². The third-order valence-electron chi connectivity index (χ3n) is 2.07. The summed E-state index contributed by atoms with van der Waals surface area (Å²) in [5.74, 6) is -0.670. The molecule has 1 atom stereocenters. The number of rotatable bonds is 5. The number of nitrogens with one attached hydrogen (secondary N) is 1. The summed E-state index contributed by atoms with van der Waals surface area (Å²) in [6.07, 6.45) is -4.78. The molecule has 7 heteroatoms. The van der Waals surface area contributed by atoms with Crippen molar-refractivity contribution in [2.45, 2.75) is 52.4 Å². The molecule has 114 valence electrons. The molecule has 1 amide bonds. The molecule has 0 bridgehead atoms. The Morgan fingerprint density at radius 1 is 1.26 bits per heavy atom. The van der Waals surface area contributed by atoms with Crippen LogP contribution in [0.2, 0.25) is 0 Å². The second kappa shape index (κ2) is 7.26. The number of carbonyl (C=O) groups excluding carboxylic acids is 1. The second-order valence-electron chi connectivity index (χ2n) is 5.63. The smallest absolute Gasteiger partial charge is 0.407 e. The highest BCUT2D eigenvalue weighted by atomic mass is 32.2. The third kappa shape index (κ3) is 11.0. The molecule has 0 fully saturated rings. The molecule has 0 saturated heterocycles. The van der Waals surface area contributed by atoms with E-state index in [2.05, 4.69) is 5.32 Å². The minimum atomic E-state index is -4.18. The first-order valence-electron chi connectivity index (χ1n) is 6.05. The average molecular weight is 301 g/mol. The second-order valence-corrected chi connectivity index (χ2v) is 6.66. The molecule has 0 radical (unpaired) electrons. The van der Waals surface area contributed by atoms with E-state index in [-0.39, 0.29) is 17.7 Å². The predicted molar refractivity (Wildman–Crippen MR) is 71.4 cm³/mol. The summed E-state index contributed by atoms with van der Waals surface area (Å²) in [6, 6.07) is -0.345. The summed E-state index contributed by atoms with van der Waals surface area (Å²) in [7, 11) is 0. The van der Waals surface area contributed by atoms with E-state index in [4.69, 9.17) is 4.74 Å². The number of carbonyl (C=O) groups is 1. The minimum absolute atomic E-state index is 0.0354. The van der Waals surface area contributed by atoms with Crippen molar-refractivity contribution >= 4 is 17.9 Å². The summed E-state index contributed by atoms with van der Waals surface area (Å²) in [4.78, 5) is 11.6. The van der Waals surface area contributed by atoms with Crippen molar-refractivity contribution in [1.82, 2.24) is 5.32 Å². The van der Waals surface area contributed by atoms with Gasteiger partial charge < -0.3 is 10.1 Å². The minimum Gasteiger partial charge on any atom is -0.444 e. The van der Waals surface area contributed by atoms with Crippen LogP contribution in [0.25, 0.3) is 0 Å². The SMILES string of the molecule is CC(C)C(CSCC(F)(F)F)NC(=O)OC(C)(C)C. The lowest BCUT2D eigenvalue weighted by atomic mass is 10.1. The number of amides is 1. The third-order valence-corrected chi connectivity index (χ3v) is 3.20. The monoisotopic (exact) mass is 301 g/mol. The molecule has 0 rings (SSSR count). The summed E-state index contributed by atoms with van der Waals surface area (Å²) in [6.45, 7) is 8.88. The normalized spacial score (nSPS) is 14.4. The van der Waals surface area contributed by atoms with E-state index in [0.717, 1.165) is 11.8 Å². The lowest BCUT2D eigenvalue weighted by molar-refractivity contribution is -0.105. The van der Waals surface area contributed by atoms with Crippen LogP contribution in [0.15, 0.2) is 0 Å². The van der Waals surface area contributed by atoms with Crippen molar-refractivity contribution in [3.05, 3.63) is 0 Å². The van der Waals surface area contributed by atoms with Crippen LogP contribution in [0, 0.1) is 5.92 Å². The van der Waals surface area contributed by atoms with Gasteiger partial charge in [-0.3, -0.25) is 0 Å². The summed E-state index contributed by atoms with van der Waals surface area (Å²) in [5.41, 5.74) is -0.620. The van der Waals surface area contributed by atoms with E-state index in [1.165, 1.54) is 0 Å². The van der Waals surface area contributed by atoms with Crippen LogP contribution in [0.3, 0.4) is 0 Å². The zero-order valence-electron chi connectivity index (χ0n) is 11.9. The van der Waals surface area contributed by atoms with Crippen LogP contribution in [0.4, 0.5) is 18.0 Å². The van der Waals surface area contributed by atoms with Gasteiger partial charge in [-0.25, -0.2) is 4.79 Å². The van der Waals surface area contributed by atoms with Gasteiger partial charge >= 0.3 is 12.3 Å². The first-order chi connectivity index (χ1) is 8.41. The molecule has 0 aromatic rings. The maximum Gasteiger partial charge on any atom is 0.407 e. The molecule has 0 aromatic heterocycles. The van der Waals surface area contributed by atoms with Gasteiger partial charge in [0, 0.05) is 11.8 Å². The van der Waals surface area contributed by atoms with Gasteiger partial charge in [-0.05, 0) is 26.7 Å². The van der Waals surface area contributed by atoms with Crippen molar-refractivity contribution < 1.29 is 22.7 Å². The Labute approximate surface area is 116 Å². The van der Waals surface area contributed by atoms with E-state index in [1.54, 1.807) is 20.8 Å². The van der Waals surface area contributed by atoms with Gasteiger partial charge in [0.2, 0.25) is 0 Å². The Morgan fingerprint density at radius 2 is 1.79 bits per heavy atom. The molecule has 0 saturated carbocycles. The van der Waals surface area contributed by atoms with E-state index >= 15 is 0 Å². The van der Waals surface area contributed by atoms with Gasteiger partial charge in [-0.15, -0.1) is 0 Å². The van der Waals surface area contributed by atoms with Gasteiger partial charge in [0.05, 0.1) is 5.75 Å². The van der Waals surface area contributed by atoms with Crippen molar-refractivity contribution in [2.75, 3.05) is 11.5 Å². The Hall–Kier alpha value is -0.590. The molecular formula is C12H22F3NO2S. The van der Waals surface area contributed by atoms with Crippen molar-refractivity contribution in [3.63, 3.8) is 0 Å². The van der Waals surface area contributed by atoms with Gasteiger partial charge in [0.15, 0.2) is 0 Å². The number of thioether (sulfide) groups is 1. The fraction of sp³-hybridized carbons (Fsp3) is 0.917. The Balaban J connectivity index is 4.24. The van der Waals surface area contributed by atoms with Crippen molar-refractivity contribution in [1.29, 1.82) is 0 Å². The molecule has 0 aliphatic heterocycles. The van der Waals surface area contributed by atoms with Gasteiger partial charge in [0.25, 0.3) is 0 Å². The Kier molecular flexibility index (Phi) is 7.04. The predicted octanol–water partition coefficient (Wildman–Crippen LogP) is 3.83. The van der Waals surface area contributed by atoms with Gasteiger partial charge in [-0.2, -0.15) is 24.9 Å². The maximum atomic E-state index is 12.1. The summed E-state index contributed by atoms with van der Waals surface area (Å²) < 4.78 is 41.3. The number of alkyl halides is 3. The molecule has 0 spiro atoms. The van der Waals surface area contributed by atoms with Crippen LogP contribution in [0.5, 0.6) is 0 Å². The number of alkyl carbamates (subject to hydrolysis) is 1. The molecule has 19 heavy (non-hydrogen) atoms. The number of ether oxygens (including phenoxy) is 1. The summed E-state index contributed by atoms with van der Waals surface area (Å²) in [5, 5.41) is 2.61. The van der Waals surface area contributed by atoms with Gasteiger partial charge in [0.1, 0.15) is 5.60 Å². The topological polar surface area (TPSA) is 38.3 Å². The molecule has 0 heterocycles. The van der Waals surface area contributed by atoms with Crippen molar-refractivity contribution in [3.8, 4) is 0 Å². The number of hydrogen-bond acceptors (Lipinski definition) is 3. The lowest BCUT2D eigenvalue weighted by Gasteiger charge is -2.25. The molecule has 0 aliphatic rings. The molecule has 0 aromatic carbocycles. The lowest BCUT2D eigenvalue weighted by Crippen LogP contribution is -2.43. The van der Waals surface area contributed by atoms with Crippen molar-refractivity contribution in [2.24, 2.45) is 5.92 Å². The van der Waals surface area contributed by atoms with E-state index < -0.39 is 23.6 Å². The highest BCUT2D eigenvalue weighted by molar-refractivity contribution is 7.99. The molecule has 1 N–H and O–H groups in total. The Bertz CT molecular complexity index is 288. The zero-order chi connectivity index (χ0) is 15.3. The molecule has 3 nitrogen and oxygen atoms in total. The van der Waals surface area contributed by atoms with E-state index in [0.29, 0.717) is 0 Å². The molecule has 0 aliphatic carbocycles. The quantitative estimate of drug-likeness (QED) is 0.838. The van der Waals surface area contributed by atoms with E-state index in [1.807, 2.05) is 13.8 Å². The molecule has 1 unspecified atom stereocenters. The number of halogens is 3. The Morgan fingerprint density at radius 3 is 2.16 bits per heavy atom. The van der Waals surface area contributed by atoms with Crippen LogP contribution in [0.1, 0.15) is 34.6 Å². The highest BCUT2D eigenvalue weighted by Crippen LogP contribution is 2.22. The first kappa shape index (κ1) is 18.4. The van der Waals surface area contributed by atoms with Crippen LogP contribution in [-0.2, 0) is 4.74 Å². The van der Waals surface area contributed by atoms with Gasteiger partial charge in [-0.1, -0.05) is 13.8 Å². The van der Waals surface area contributed by atoms with Crippen LogP contribution in [-0.4, -0.2) is 35.4 Å². The highest BCUT2D eigenvalue weighted by Gasteiger charge is 2.28.